The first kappa shape index (κ1) is 21.2. The molecule has 0 aliphatic carbocycles. The van der Waals surface area contributed by atoms with Gasteiger partial charge in [0.25, 0.3) is 0 Å². The van der Waals surface area contributed by atoms with Crippen molar-refractivity contribution in [2.24, 2.45) is 0 Å². The van der Waals surface area contributed by atoms with E-state index in [1.165, 1.54) is 0 Å². The molecule has 2 aromatic heterocycles. The number of nitrogens with zero attached hydrogens (tertiary/aromatic N) is 2. The number of aromatic nitrogens is 1. The first-order valence-corrected chi connectivity index (χ1v) is 11.0. The standard InChI is InChI=1S/C25H18ClN3O3S/c26-17-8-10-18(11-9-17)29-23(22(28-25(29)33)19-3-1-2-14-27-19)21-13-12-20(32-21)15-4-6-16(7-5-15)24(30)31/h1-14,22-23H,(H,28,33)(H,30,31). The molecule has 2 unspecified atom stereocenters. The van der Waals surface area contributed by atoms with Crippen LogP contribution in [0.1, 0.15) is 33.9 Å². The van der Waals surface area contributed by atoms with Gasteiger partial charge in [-0.3, -0.25) is 4.98 Å². The van der Waals surface area contributed by atoms with Crippen LogP contribution in [0.25, 0.3) is 11.3 Å². The molecule has 1 fully saturated rings. The summed E-state index contributed by atoms with van der Waals surface area (Å²) in [5.41, 5.74) is 2.72. The van der Waals surface area contributed by atoms with Crippen molar-refractivity contribution in [3.05, 3.63) is 107 Å². The summed E-state index contributed by atoms with van der Waals surface area (Å²) in [5, 5.41) is 13.7. The number of benzene rings is 2. The van der Waals surface area contributed by atoms with Crippen LogP contribution in [0.4, 0.5) is 5.69 Å². The van der Waals surface area contributed by atoms with Crippen LogP contribution in [0.15, 0.2) is 89.5 Å². The molecule has 0 amide bonds. The molecule has 2 atom stereocenters. The molecule has 3 heterocycles. The fourth-order valence-electron chi connectivity index (χ4n) is 3.97. The van der Waals surface area contributed by atoms with E-state index in [2.05, 4.69) is 10.3 Å². The number of hydrogen-bond acceptors (Lipinski definition) is 4. The molecule has 5 rings (SSSR count). The third-order valence-electron chi connectivity index (χ3n) is 5.54. The average molecular weight is 476 g/mol. The van der Waals surface area contributed by atoms with Crippen LogP contribution in [0, 0.1) is 0 Å². The summed E-state index contributed by atoms with van der Waals surface area (Å²) in [4.78, 5) is 17.7. The van der Waals surface area contributed by atoms with Gasteiger partial charge >= 0.3 is 5.97 Å². The highest BCUT2D eigenvalue weighted by molar-refractivity contribution is 7.80. The average Bonchev–Trinajstić information content (AvgIpc) is 3.45. The van der Waals surface area contributed by atoms with E-state index in [4.69, 9.17) is 33.3 Å². The lowest BCUT2D eigenvalue weighted by molar-refractivity contribution is 0.0697. The molecule has 33 heavy (non-hydrogen) atoms. The van der Waals surface area contributed by atoms with Gasteiger partial charge in [-0.25, -0.2) is 4.79 Å². The number of carboxylic acid groups (broad SMARTS) is 1. The summed E-state index contributed by atoms with van der Waals surface area (Å²) in [6.45, 7) is 0. The van der Waals surface area contributed by atoms with Gasteiger partial charge in [0, 0.05) is 22.5 Å². The van der Waals surface area contributed by atoms with E-state index in [0.717, 1.165) is 16.9 Å². The van der Waals surface area contributed by atoms with E-state index >= 15 is 0 Å². The maximum Gasteiger partial charge on any atom is 0.335 e. The Labute approximate surface area is 200 Å². The van der Waals surface area contributed by atoms with Crippen molar-refractivity contribution >= 4 is 40.6 Å². The molecule has 1 aliphatic heterocycles. The molecule has 1 aliphatic rings. The number of anilines is 1. The van der Waals surface area contributed by atoms with Crippen LogP contribution < -0.4 is 10.2 Å². The lowest BCUT2D eigenvalue weighted by atomic mass is 10.0. The number of aromatic carboxylic acids is 1. The van der Waals surface area contributed by atoms with Gasteiger partial charge in [0.15, 0.2) is 5.11 Å². The highest BCUT2D eigenvalue weighted by Gasteiger charge is 2.42. The lowest BCUT2D eigenvalue weighted by Crippen LogP contribution is -2.29. The molecule has 2 aromatic carbocycles. The minimum Gasteiger partial charge on any atom is -0.478 e. The molecule has 0 spiro atoms. The second-order valence-corrected chi connectivity index (χ2v) is 8.38. The highest BCUT2D eigenvalue weighted by atomic mass is 35.5. The number of carbonyl (C=O) groups is 1. The van der Waals surface area contributed by atoms with Crippen LogP contribution in [0.5, 0.6) is 0 Å². The quantitative estimate of drug-likeness (QED) is 0.349. The number of furan rings is 1. The van der Waals surface area contributed by atoms with Crippen molar-refractivity contribution in [3.63, 3.8) is 0 Å². The number of hydrogen-bond donors (Lipinski definition) is 2. The third-order valence-corrected chi connectivity index (χ3v) is 6.10. The molecule has 6 nitrogen and oxygen atoms in total. The van der Waals surface area contributed by atoms with Crippen LogP contribution >= 0.6 is 23.8 Å². The Kier molecular flexibility index (Phi) is 5.58. The number of nitrogens with one attached hydrogen (secondary N) is 1. The van der Waals surface area contributed by atoms with Gasteiger partial charge in [0.2, 0.25) is 0 Å². The van der Waals surface area contributed by atoms with Crippen molar-refractivity contribution in [1.29, 1.82) is 0 Å². The summed E-state index contributed by atoms with van der Waals surface area (Å²) in [5.74, 6) is 0.366. The molecule has 2 N–H and O–H groups in total. The second-order valence-electron chi connectivity index (χ2n) is 7.56. The van der Waals surface area contributed by atoms with Crippen molar-refractivity contribution in [3.8, 4) is 11.3 Å². The van der Waals surface area contributed by atoms with E-state index in [1.54, 1.807) is 30.5 Å². The summed E-state index contributed by atoms with van der Waals surface area (Å²) < 4.78 is 6.29. The van der Waals surface area contributed by atoms with Crippen molar-refractivity contribution < 1.29 is 14.3 Å². The number of thiocarbonyl (C=S) groups is 1. The summed E-state index contributed by atoms with van der Waals surface area (Å²) >= 11 is 11.8. The molecular formula is C25H18ClN3O3S. The minimum absolute atomic E-state index is 0.222. The zero-order valence-corrected chi connectivity index (χ0v) is 18.8. The molecule has 4 aromatic rings. The molecule has 8 heteroatoms. The fourth-order valence-corrected chi connectivity index (χ4v) is 4.44. The maximum atomic E-state index is 11.2. The number of rotatable bonds is 5. The Bertz CT molecular complexity index is 1310. The van der Waals surface area contributed by atoms with Crippen molar-refractivity contribution in [2.45, 2.75) is 12.1 Å². The first-order chi connectivity index (χ1) is 16.0. The Hall–Kier alpha value is -3.68. The van der Waals surface area contributed by atoms with E-state index in [9.17, 15) is 4.79 Å². The van der Waals surface area contributed by atoms with Gasteiger partial charge in [-0.2, -0.15) is 0 Å². The summed E-state index contributed by atoms with van der Waals surface area (Å²) in [6.07, 6.45) is 1.75. The van der Waals surface area contributed by atoms with Gasteiger partial charge in [0.1, 0.15) is 17.6 Å². The van der Waals surface area contributed by atoms with Crippen molar-refractivity contribution in [1.82, 2.24) is 10.3 Å². The summed E-state index contributed by atoms with van der Waals surface area (Å²) in [6, 6.07) is 23.1. The van der Waals surface area contributed by atoms with Crippen LogP contribution in [-0.2, 0) is 0 Å². The van der Waals surface area contributed by atoms with E-state index in [0.29, 0.717) is 21.7 Å². The van der Waals surface area contributed by atoms with Gasteiger partial charge in [-0.15, -0.1) is 0 Å². The second kappa shape index (κ2) is 8.69. The zero-order chi connectivity index (χ0) is 22.9. The molecule has 0 radical (unpaired) electrons. The Morgan fingerprint density at radius 3 is 2.45 bits per heavy atom. The van der Waals surface area contributed by atoms with E-state index < -0.39 is 5.97 Å². The molecular weight excluding hydrogens is 458 g/mol. The highest BCUT2D eigenvalue weighted by Crippen LogP contribution is 2.43. The molecule has 0 saturated carbocycles. The van der Waals surface area contributed by atoms with E-state index in [1.807, 2.05) is 59.5 Å². The van der Waals surface area contributed by atoms with Crippen LogP contribution in [-0.4, -0.2) is 21.2 Å². The SMILES string of the molecule is O=C(O)c1ccc(-c2ccc(C3C(c4ccccn4)NC(=S)N3c3ccc(Cl)cc3)o2)cc1. The lowest BCUT2D eigenvalue weighted by Gasteiger charge is -2.26. The van der Waals surface area contributed by atoms with Crippen LogP contribution in [0.2, 0.25) is 5.02 Å². The smallest absolute Gasteiger partial charge is 0.335 e. The number of pyridine rings is 1. The monoisotopic (exact) mass is 475 g/mol. The molecule has 1 saturated heterocycles. The van der Waals surface area contributed by atoms with Gasteiger partial charge in [0.05, 0.1) is 17.3 Å². The molecule has 0 bridgehead atoms. The Balaban J connectivity index is 1.56. The normalized spacial score (nSPS) is 17.7. The maximum absolute atomic E-state index is 11.2. The third kappa shape index (κ3) is 4.08. The Morgan fingerprint density at radius 2 is 1.79 bits per heavy atom. The number of halogens is 1. The molecule has 164 valence electrons. The van der Waals surface area contributed by atoms with Crippen LogP contribution in [0.3, 0.4) is 0 Å². The minimum atomic E-state index is -0.968. The van der Waals surface area contributed by atoms with Gasteiger partial charge in [-0.1, -0.05) is 29.8 Å². The fraction of sp³-hybridized carbons (Fsp3) is 0.0800. The largest absolute Gasteiger partial charge is 0.478 e. The first-order valence-electron chi connectivity index (χ1n) is 10.2. The van der Waals surface area contributed by atoms with Gasteiger partial charge < -0.3 is 19.7 Å². The summed E-state index contributed by atoms with van der Waals surface area (Å²) in [7, 11) is 0. The van der Waals surface area contributed by atoms with E-state index in [-0.39, 0.29) is 17.6 Å². The van der Waals surface area contributed by atoms with Crippen molar-refractivity contribution in [2.75, 3.05) is 4.90 Å². The topological polar surface area (TPSA) is 78.6 Å². The predicted octanol–water partition coefficient (Wildman–Crippen LogP) is 5.87. The number of carboxylic acids is 1. The zero-order valence-electron chi connectivity index (χ0n) is 17.2. The predicted molar refractivity (Wildman–Crippen MR) is 130 cm³/mol. The van der Waals surface area contributed by atoms with Gasteiger partial charge in [-0.05, 0) is 72.9 Å². The Morgan fingerprint density at radius 1 is 1.03 bits per heavy atom.